The lowest BCUT2D eigenvalue weighted by molar-refractivity contribution is 0.690. The second-order valence-electron chi connectivity index (χ2n) is 4.66. The van der Waals surface area contributed by atoms with E-state index in [1.54, 1.807) is 11.3 Å². The first-order valence-electron chi connectivity index (χ1n) is 6.58. The summed E-state index contributed by atoms with van der Waals surface area (Å²) < 4.78 is 0. The summed E-state index contributed by atoms with van der Waals surface area (Å²) in [6.07, 6.45) is 2.87. The molecule has 3 aromatic rings. The summed E-state index contributed by atoms with van der Waals surface area (Å²) >= 11 is 7.94. The van der Waals surface area contributed by atoms with Crippen molar-refractivity contribution >= 4 is 33.8 Å². The molecule has 0 unspecified atom stereocenters. The first-order chi connectivity index (χ1) is 9.84. The van der Waals surface area contributed by atoms with Crippen LogP contribution in [0.1, 0.15) is 11.1 Å². The highest BCUT2D eigenvalue weighted by atomic mass is 35.5. The Balaban J connectivity index is 1.67. The van der Waals surface area contributed by atoms with Gasteiger partial charge in [-0.3, -0.25) is 4.98 Å². The van der Waals surface area contributed by atoms with Crippen molar-refractivity contribution in [2.45, 2.75) is 13.0 Å². The Morgan fingerprint density at radius 1 is 1.20 bits per heavy atom. The third-order valence-electron chi connectivity index (χ3n) is 3.29. The van der Waals surface area contributed by atoms with E-state index in [9.17, 15) is 0 Å². The minimum Gasteiger partial charge on any atom is -0.312 e. The van der Waals surface area contributed by atoms with Gasteiger partial charge in [0.05, 0.1) is 5.52 Å². The third-order valence-corrected chi connectivity index (χ3v) is 4.35. The van der Waals surface area contributed by atoms with Crippen LogP contribution in [0.3, 0.4) is 0 Å². The van der Waals surface area contributed by atoms with Crippen molar-refractivity contribution in [1.82, 2.24) is 10.3 Å². The van der Waals surface area contributed by atoms with E-state index in [2.05, 4.69) is 33.2 Å². The largest absolute Gasteiger partial charge is 0.312 e. The van der Waals surface area contributed by atoms with Crippen molar-refractivity contribution in [2.24, 2.45) is 0 Å². The molecule has 0 amide bonds. The molecule has 0 radical (unpaired) electrons. The zero-order valence-corrected chi connectivity index (χ0v) is 12.5. The predicted octanol–water partition coefficient (Wildman–Crippen LogP) is 4.28. The molecule has 102 valence electrons. The Morgan fingerprint density at radius 2 is 2.15 bits per heavy atom. The SMILES string of the molecule is Clc1ccc(CNCCc2ccsc2)c2ncccc12. The van der Waals surface area contributed by atoms with Crippen LogP contribution in [0.2, 0.25) is 5.02 Å². The second-order valence-corrected chi connectivity index (χ2v) is 5.85. The highest BCUT2D eigenvalue weighted by molar-refractivity contribution is 7.07. The van der Waals surface area contributed by atoms with Crippen LogP contribution >= 0.6 is 22.9 Å². The Hall–Kier alpha value is -1.42. The number of fused-ring (bicyclic) bond motifs is 1. The van der Waals surface area contributed by atoms with Gasteiger partial charge in [0.25, 0.3) is 0 Å². The smallest absolute Gasteiger partial charge is 0.0761 e. The van der Waals surface area contributed by atoms with E-state index < -0.39 is 0 Å². The van der Waals surface area contributed by atoms with Crippen molar-refractivity contribution in [3.8, 4) is 0 Å². The maximum Gasteiger partial charge on any atom is 0.0761 e. The average Bonchev–Trinajstić information content (AvgIpc) is 2.99. The topological polar surface area (TPSA) is 24.9 Å². The first kappa shape index (κ1) is 13.6. The summed E-state index contributed by atoms with van der Waals surface area (Å²) in [7, 11) is 0. The number of hydrogen-bond acceptors (Lipinski definition) is 3. The molecule has 0 bridgehead atoms. The zero-order chi connectivity index (χ0) is 13.8. The summed E-state index contributed by atoms with van der Waals surface area (Å²) in [5, 5.41) is 9.56. The number of nitrogens with one attached hydrogen (secondary N) is 1. The van der Waals surface area contributed by atoms with Gasteiger partial charge in [0.15, 0.2) is 0 Å². The molecule has 0 aliphatic heterocycles. The first-order valence-corrected chi connectivity index (χ1v) is 7.90. The lowest BCUT2D eigenvalue weighted by Gasteiger charge is -2.08. The van der Waals surface area contributed by atoms with Crippen LogP contribution < -0.4 is 5.32 Å². The molecule has 0 spiro atoms. The molecular weight excluding hydrogens is 288 g/mol. The molecule has 0 atom stereocenters. The molecule has 0 fully saturated rings. The van der Waals surface area contributed by atoms with E-state index in [1.165, 1.54) is 11.1 Å². The van der Waals surface area contributed by atoms with Crippen molar-refractivity contribution in [3.05, 3.63) is 63.4 Å². The maximum absolute atomic E-state index is 6.20. The number of hydrogen-bond donors (Lipinski definition) is 1. The zero-order valence-electron chi connectivity index (χ0n) is 11.0. The van der Waals surface area contributed by atoms with Crippen molar-refractivity contribution in [2.75, 3.05) is 6.54 Å². The van der Waals surface area contributed by atoms with E-state index in [0.717, 1.165) is 35.4 Å². The van der Waals surface area contributed by atoms with Crippen LogP contribution in [0.5, 0.6) is 0 Å². The van der Waals surface area contributed by atoms with Gasteiger partial charge in [-0.1, -0.05) is 17.7 Å². The molecule has 0 saturated heterocycles. The predicted molar refractivity (Wildman–Crippen MR) is 86.5 cm³/mol. The molecule has 2 heterocycles. The summed E-state index contributed by atoms with van der Waals surface area (Å²) in [6.45, 7) is 1.78. The lowest BCUT2D eigenvalue weighted by Crippen LogP contribution is -2.16. The van der Waals surface area contributed by atoms with Crippen molar-refractivity contribution in [1.29, 1.82) is 0 Å². The number of aromatic nitrogens is 1. The van der Waals surface area contributed by atoms with Gasteiger partial charge < -0.3 is 5.32 Å². The molecular formula is C16H15ClN2S. The van der Waals surface area contributed by atoms with Crippen LogP contribution in [-0.4, -0.2) is 11.5 Å². The minimum atomic E-state index is 0.759. The summed E-state index contributed by atoms with van der Waals surface area (Å²) in [6, 6.07) is 10.1. The lowest BCUT2D eigenvalue weighted by atomic mass is 10.1. The number of thiophene rings is 1. The molecule has 1 N–H and O–H groups in total. The van der Waals surface area contributed by atoms with E-state index in [-0.39, 0.29) is 0 Å². The number of rotatable bonds is 5. The van der Waals surface area contributed by atoms with Gasteiger partial charge in [0.2, 0.25) is 0 Å². The summed E-state index contributed by atoms with van der Waals surface area (Å²) in [4.78, 5) is 4.45. The van der Waals surface area contributed by atoms with Gasteiger partial charge >= 0.3 is 0 Å². The fourth-order valence-corrected chi connectivity index (χ4v) is 3.15. The van der Waals surface area contributed by atoms with Crippen LogP contribution in [0.25, 0.3) is 10.9 Å². The van der Waals surface area contributed by atoms with Crippen LogP contribution in [0.15, 0.2) is 47.3 Å². The number of benzene rings is 1. The van der Waals surface area contributed by atoms with Gasteiger partial charge in [-0.15, -0.1) is 0 Å². The van der Waals surface area contributed by atoms with E-state index in [1.807, 2.05) is 24.4 Å². The Morgan fingerprint density at radius 3 is 3.00 bits per heavy atom. The van der Waals surface area contributed by atoms with Crippen LogP contribution in [0, 0.1) is 0 Å². The van der Waals surface area contributed by atoms with Gasteiger partial charge in [-0.05, 0) is 59.1 Å². The van der Waals surface area contributed by atoms with Crippen LogP contribution in [0.4, 0.5) is 0 Å². The normalized spacial score (nSPS) is 11.1. The Labute approximate surface area is 127 Å². The molecule has 3 rings (SSSR count). The maximum atomic E-state index is 6.20. The molecule has 4 heteroatoms. The van der Waals surface area contributed by atoms with Crippen molar-refractivity contribution in [3.63, 3.8) is 0 Å². The van der Waals surface area contributed by atoms with Gasteiger partial charge in [0, 0.05) is 23.2 Å². The Bertz CT molecular complexity index is 695. The molecule has 0 aliphatic rings. The second kappa shape index (κ2) is 6.35. The number of pyridine rings is 1. The molecule has 1 aromatic carbocycles. The number of halogens is 1. The average molecular weight is 303 g/mol. The highest BCUT2D eigenvalue weighted by Crippen LogP contribution is 2.24. The van der Waals surface area contributed by atoms with Gasteiger partial charge in [-0.25, -0.2) is 0 Å². The minimum absolute atomic E-state index is 0.759. The summed E-state index contributed by atoms with van der Waals surface area (Å²) in [5.41, 5.74) is 3.57. The standard InChI is InChI=1S/C16H15ClN2S/c17-15-4-3-13(16-14(15)2-1-7-19-16)10-18-8-5-12-6-9-20-11-12/h1-4,6-7,9,11,18H,5,8,10H2. The molecule has 20 heavy (non-hydrogen) atoms. The molecule has 0 saturated carbocycles. The van der Waals surface area contributed by atoms with E-state index in [4.69, 9.17) is 11.6 Å². The number of nitrogens with zero attached hydrogens (tertiary/aromatic N) is 1. The Kier molecular flexibility index (Phi) is 4.31. The monoisotopic (exact) mass is 302 g/mol. The summed E-state index contributed by atoms with van der Waals surface area (Å²) in [5.74, 6) is 0. The molecule has 2 nitrogen and oxygen atoms in total. The third kappa shape index (κ3) is 3.01. The van der Waals surface area contributed by atoms with Gasteiger partial charge in [0.1, 0.15) is 0 Å². The van der Waals surface area contributed by atoms with E-state index in [0.29, 0.717) is 0 Å². The highest BCUT2D eigenvalue weighted by Gasteiger charge is 2.05. The fourth-order valence-electron chi connectivity index (χ4n) is 2.23. The van der Waals surface area contributed by atoms with Crippen molar-refractivity contribution < 1.29 is 0 Å². The van der Waals surface area contributed by atoms with Crippen LogP contribution in [-0.2, 0) is 13.0 Å². The molecule has 2 aromatic heterocycles. The quantitative estimate of drug-likeness (QED) is 0.712. The molecule has 0 aliphatic carbocycles. The fraction of sp³-hybridized carbons (Fsp3) is 0.188. The van der Waals surface area contributed by atoms with Gasteiger partial charge in [-0.2, -0.15) is 11.3 Å². The van der Waals surface area contributed by atoms with E-state index >= 15 is 0 Å².